The van der Waals surface area contributed by atoms with Crippen molar-refractivity contribution in [2.45, 2.75) is 18.2 Å². The van der Waals surface area contributed by atoms with Crippen molar-refractivity contribution in [3.63, 3.8) is 0 Å². The topological polar surface area (TPSA) is 58.5 Å². The first-order chi connectivity index (χ1) is 10.4. The van der Waals surface area contributed by atoms with E-state index in [0.29, 0.717) is 22.2 Å². The molecule has 0 radical (unpaired) electrons. The zero-order chi connectivity index (χ0) is 16.2. The van der Waals surface area contributed by atoms with E-state index < -0.39 is 10.0 Å². The van der Waals surface area contributed by atoms with Gasteiger partial charge in [-0.15, -0.1) is 0 Å². The number of rotatable bonds is 5. The van der Waals surface area contributed by atoms with Crippen LogP contribution in [0.4, 0.5) is 0 Å². The van der Waals surface area contributed by atoms with Crippen molar-refractivity contribution in [3.8, 4) is 0 Å². The molecule has 0 aliphatic heterocycles. The molecule has 7 heteroatoms. The summed E-state index contributed by atoms with van der Waals surface area (Å²) in [7, 11) is -3.72. The summed E-state index contributed by atoms with van der Waals surface area (Å²) < 4.78 is 24.3. The van der Waals surface area contributed by atoms with Gasteiger partial charge >= 0.3 is 0 Å². The van der Waals surface area contributed by atoms with Crippen molar-refractivity contribution < 1.29 is 8.42 Å². The van der Waals surface area contributed by atoms with Crippen LogP contribution in [0, 0.1) is 0 Å². The van der Waals surface area contributed by atoms with E-state index in [1.54, 1.807) is 24.3 Å². The predicted molar refractivity (Wildman–Crippen MR) is 90.1 cm³/mol. The Morgan fingerprint density at radius 3 is 2.00 bits per heavy atom. The third-order valence-electron chi connectivity index (χ3n) is 2.94. The Kier molecular flexibility index (Phi) is 5.45. The lowest BCUT2D eigenvalue weighted by molar-refractivity contribution is 0.584. The molecule has 4 nitrogen and oxygen atoms in total. The summed E-state index contributed by atoms with van der Waals surface area (Å²) in [6, 6.07) is 12.9. The summed E-state index contributed by atoms with van der Waals surface area (Å²) in [5.74, 6) is 0. The number of hydrogen-bond donors (Lipinski definition) is 1. The molecule has 0 amide bonds. The minimum atomic E-state index is -3.72. The van der Waals surface area contributed by atoms with E-state index in [2.05, 4.69) is 9.93 Å². The monoisotopic (exact) mass is 356 g/mol. The fourth-order valence-electron chi connectivity index (χ4n) is 1.77. The Bertz CT molecular complexity index is 770. The van der Waals surface area contributed by atoms with Crippen molar-refractivity contribution >= 4 is 38.9 Å². The molecule has 2 aromatic carbocycles. The quantitative estimate of drug-likeness (QED) is 0.647. The van der Waals surface area contributed by atoms with Gasteiger partial charge in [0.25, 0.3) is 10.0 Å². The highest BCUT2D eigenvalue weighted by Crippen LogP contribution is 2.15. The molecule has 0 saturated carbocycles. The molecule has 0 fully saturated rings. The van der Waals surface area contributed by atoms with Crippen LogP contribution in [0.3, 0.4) is 0 Å². The minimum Gasteiger partial charge on any atom is -0.200 e. The molecule has 22 heavy (non-hydrogen) atoms. The second-order valence-corrected chi connectivity index (χ2v) is 7.00. The highest BCUT2D eigenvalue weighted by Gasteiger charge is 2.13. The SMILES string of the molecule is CC/C(=N\NS(=O)(=O)c1ccc(Cl)cc1)c1ccc(Cl)cc1. The maximum absolute atomic E-state index is 12.2. The zero-order valence-electron chi connectivity index (χ0n) is 11.8. The highest BCUT2D eigenvalue weighted by atomic mass is 35.5. The fourth-order valence-corrected chi connectivity index (χ4v) is 2.85. The number of nitrogens with one attached hydrogen (secondary N) is 1. The average Bonchev–Trinajstić information content (AvgIpc) is 2.50. The summed E-state index contributed by atoms with van der Waals surface area (Å²) >= 11 is 11.6. The first kappa shape index (κ1) is 16.8. The van der Waals surface area contributed by atoms with Crippen LogP contribution in [0.2, 0.25) is 10.0 Å². The van der Waals surface area contributed by atoms with E-state index in [-0.39, 0.29) is 4.90 Å². The van der Waals surface area contributed by atoms with Crippen LogP contribution in [-0.4, -0.2) is 14.1 Å². The van der Waals surface area contributed by atoms with Gasteiger partial charge in [0.2, 0.25) is 0 Å². The Labute approximate surface area is 139 Å². The van der Waals surface area contributed by atoms with Gasteiger partial charge in [0.15, 0.2) is 0 Å². The van der Waals surface area contributed by atoms with Crippen LogP contribution in [0.1, 0.15) is 18.9 Å². The normalized spacial score (nSPS) is 12.2. The molecule has 0 unspecified atom stereocenters. The lowest BCUT2D eigenvalue weighted by Gasteiger charge is -2.07. The van der Waals surface area contributed by atoms with Crippen molar-refractivity contribution in [3.05, 3.63) is 64.1 Å². The van der Waals surface area contributed by atoms with Crippen molar-refractivity contribution in [1.82, 2.24) is 4.83 Å². The van der Waals surface area contributed by atoms with E-state index in [1.165, 1.54) is 24.3 Å². The minimum absolute atomic E-state index is 0.104. The largest absolute Gasteiger partial charge is 0.276 e. The van der Waals surface area contributed by atoms with Gasteiger partial charge in [-0.1, -0.05) is 42.3 Å². The van der Waals surface area contributed by atoms with Gasteiger partial charge in [0, 0.05) is 10.0 Å². The molecular weight excluding hydrogens is 343 g/mol. The van der Waals surface area contributed by atoms with E-state index in [9.17, 15) is 8.42 Å². The highest BCUT2D eigenvalue weighted by molar-refractivity contribution is 7.89. The first-order valence-electron chi connectivity index (χ1n) is 6.52. The van der Waals surface area contributed by atoms with Crippen LogP contribution in [0.5, 0.6) is 0 Å². The summed E-state index contributed by atoms with van der Waals surface area (Å²) in [5, 5.41) is 5.10. The van der Waals surface area contributed by atoms with E-state index >= 15 is 0 Å². The van der Waals surface area contributed by atoms with Gasteiger partial charge in [-0.25, -0.2) is 0 Å². The van der Waals surface area contributed by atoms with Crippen molar-refractivity contribution in [2.24, 2.45) is 5.10 Å². The summed E-state index contributed by atoms with van der Waals surface area (Å²) in [4.78, 5) is 2.35. The Morgan fingerprint density at radius 2 is 1.50 bits per heavy atom. The molecule has 0 heterocycles. The fraction of sp³-hybridized carbons (Fsp3) is 0.133. The maximum atomic E-state index is 12.2. The van der Waals surface area contributed by atoms with Gasteiger partial charge in [-0.05, 0) is 48.4 Å². The molecular formula is C15H14Cl2N2O2S. The van der Waals surface area contributed by atoms with Crippen LogP contribution in [0.15, 0.2) is 58.5 Å². The van der Waals surface area contributed by atoms with Gasteiger partial charge in [0.05, 0.1) is 10.6 Å². The van der Waals surface area contributed by atoms with Gasteiger partial charge < -0.3 is 0 Å². The van der Waals surface area contributed by atoms with E-state index in [1.807, 2.05) is 6.92 Å². The molecule has 0 atom stereocenters. The Balaban J connectivity index is 2.24. The number of halogens is 2. The third-order valence-corrected chi connectivity index (χ3v) is 4.67. The lowest BCUT2D eigenvalue weighted by Crippen LogP contribution is -2.20. The molecule has 2 rings (SSSR count). The number of hydrazone groups is 1. The summed E-state index contributed by atoms with van der Waals surface area (Å²) in [5.41, 5.74) is 1.43. The van der Waals surface area contributed by atoms with Gasteiger partial charge in [0.1, 0.15) is 0 Å². The van der Waals surface area contributed by atoms with Crippen molar-refractivity contribution in [1.29, 1.82) is 0 Å². The average molecular weight is 357 g/mol. The second-order valence-electron chi connectivity index (χ2n) is 4.47. The molecule has 0 saturated heterocycles. The molecule has 0 aliphatic carbocycles. The number of sulfonamides is 1. The predicted octanol–water partition coefficient (Wildman–Crippen LogP) is 4.09. The maximum Gasteiger partial charge on any atom is 0.276 e. The molecule has 0 spiro atoms. The lowest BCUT2D eigenvalue weighted by atomic mass is 10.1. The number of nitrogens with zero attached hydrogens (tertiary/aromatic N) is 1. The standard InChI is InChI=1S/C15H14Cl2N2O2S/c1-2-15(11-3-5-12(16)6-4-11)18-19-22(20,21)14-9-7-13(17)8-10-14/h3-10,19H,2H2,1H3/b18-15+. The van der Waals surface area contributed by atoms with Crippen LogP contribution >= 0.6 is 23.2 Å². The number of benzene rings is 2. The van der Waals surface area contributed by atoms with E-state index in [4.69, 9.17) is 23.2 Å². The van der Waals surface area contributed by atoms with Gasteiger partial charge in [-0.2, -0.15) is 18.4 Å². The van der Waals surface area contributed by atoms with Gasteiger partial charge in [-0.3, -0.25) is 0 Å². The van der Waals surface area contributed by atoms with Crippen LogP contribution < -0.4 is 4.83 Å². The number of hydrogen-bond acceptors (Lipinski definition) is 3. The first-order valence-corrected chi connectivity index (χ1v) is 8.76. The van der Waals surface area contributed by atoms with E-state index in [0.717, 1.165) is 5.56 Å². The molecule has 0 bridgehead atoms. The Morgan fingerprint density at radius 1 is 1.00 bits per heavy atom. The molecule has 2 aromatic rings. The molecule has 0 aromatic heterocycles. The molecule has 116 valence electrons. The summed E-state index contributed by atoms with van der Waals surface area (Å²) in [6.07, 6.45) is 0.574. The molecule has 0 aliphatic rings. The third kappa shape index (κ3) is 4.22. The van der Waals surface area contributed by atoms with Crippen LogP contribution in [-0.2, 0) is 10.0 Å². The smallest absolute Gasteiger partial charge is 0.200 e. The van der Waals surface area contributed by atoms with Crippen LogP contribution in [0.25, 0.3) is 0 Å². The molecule has 1 N–H and O–H groups in total. The Hall–Kier alpha value is -1.56. The zero-order valence-corrected chi connectivity index (χ0v) is 14.1. The van der Waals surface area contributed by atoms with Crippen molar-refractivity contribution in [2.75, 3.05) is 0 Å². The second kappa shape index (κ2) is 7.13. The summed E-state index contributed by atoms with van der Waals surface area (Å²) in [6.45, 7) is 1.89.